The molecule has 164 valence electrons. The first-order valence-corrected chi connectivity index (χ1v) is 11.8. The average Bonchev–Trinajstić information content (AvgIpc) is 3.41. The van der Waals surface area contributed by atoms with Gasteiger partial charge in [-0.3, -0.25) is 4.72 Å². The molecule has 0 fully saturated rings. The minimum absolute atomic E-state index is 0.0953. The van der Waals surface area contributed by atoms with Gasteiger partial charge in [0.05, 0.1) is 10.6 Å². The summed E-state index contributed by atoms with van der Waals surface area (Å²) >= 11 is 1.21. The summed E-state index contributed by atoms with van der Waals surface area (Å²) in [5.41, 5.74) is 0.814. The molecule has 2 aromatic carbocycles. The Kier molecular flexibility index (Phi) is 5.06. The second-order valence-electron chi connectivity index (χ2n) is 6.93. The molecule has 0 amide bonds. The van der Waals surface area contributed by atoms with Crippen LogP contribution in [0.15, 0.2) is 57.9 Å². The monoisotopic (exact) mass is 473 g/mol. The van der Waals surface area contributed by atoms with Crippen molar-refractivity contribution < 1.29 is 26.8 Å². The quantitative estimate of drug-likeness (QED) is 0.456. The van der Waals surface area contributed by atoms with Crippen molar-refractivity contribution in [3.63, 3.8) is 0 Å². The van der Waals surface area contributed by atoms with Gasteiger partial charge < -0.3 is 14.0 Å². The summed E-state index contributed by atoms with van der Waals surface area (Å²) in [5, 5.41) is 3.88. The fraction of sp³-hybridized carbons (Fsp3) is 0.143. The van der Waals surface area contributed by atoms with Gasteiger partial charge in [0.2, 0.25) is 5.82 Å². The second-order valence-corrected chi connectivity index (χ2v) is 9.84. The topological polar surface area (TPSA) is 104 Å². The zero-order valence-corrected chi connectivity index (χ0v) is 18.3. The summed E-state index contributed by atoms with van der Waals surface area (Å²) < 4.78 is 58.3. The number of aryl methyl sites for hydroxylation is 1. The van der Waals surface area contributed by atoms with Gasteiger partial charge in [0.25, 0.3) is 15.9 Å². The van der Waals surface area contributed by atoms with E-state index in [1.165, 1.54) is 29.5 Å². The normalized spacial score (nSPS) is 13.2. The van der Waals surface area contributed by atoms with E-state index >= 15 is 0 Å². The number of ether oxygens (including phenoxy) is 2. The summed E-state index contributed by atoms with van der Waals surface area (Å²) in [6.45, 7) is 2.54. The Morgan fingerprint density at radius 3 is 2.69 bits per heavy atom. The molecule has 4 aromatic rings. The standard InChI is InChI=1S/C21H16FN3O5S2/c1-12-19(32(26,27)25-15-5-6-16-17(10-15)29-8-7-28-16)11-18(31-12)21-23-20(24-30-21)13-3-2-4-14(22)9-13/h2-6,9-11,25H,7-8H2,1H3. The third-order valence-electron chi connectivity index (χ3n) is 4.68. The number of hydrogen-bond donors (Lipinski definition) is 1. The number of halogens is 1. The predicted molar refractivity (Wildman–Crippen MR) is 116 cm³/mol. The lowest BCUT2D eigenvalue weighted by Crippen LogP contribution is -2.16. The molecule has 0 radical (unpaired) electrons. The van der Waals surface area contributed by atoms with E-state index in [1.54, 1.807) is 37.3 Å². The highest BCUT2D eigenvalue weighted by Crippen LogP contribution is 2.36. The SMILES string of the molecule is Cc1sc(-c2nc(-c3cccc(F)c3)no2)cc1S(=O)(=O)Nc1ccc2c(c1)OCCO2. The van der Waals surface area contributed by atoms with Gasteiger partial charge in [0.1, 0.15) is 23.9 Å². The van der Waals surface area contributed by atoms with Crippen LogP contribution in [0.5, 0.6) is 11.5 Å². The lowest BCUT2D eigenvalue weighted by atomic mass is 10.2. The first kappa shape index (κ1) is 20.5. The summed E-state index contributed by atoms with van der Waals surface area (Å²) in [6, 6.07) is 12.1. The fourth-order valence-corrected chi connectivity index (χ4v) is 5.79. The average molecular weight is 474 g/mol. The fourth-order valence-electron chi connectivity index (χ4n) is 3.22. The van der Waals surface area contributed by atoms with Crippen LogP contribution in [-0.2, 0) is 10.0 Å². The summed E-state index contributed by atoms with van der Waals surface area (Å²) in [7, 11) is -3.88. The molecule has 0 saturated carbocycles. The van der Waals surface area contributed by atoms with Crippen molar-refractivity contribution in [1.82, 2.24) is 10.1 Å². The van der Waals surface area contributed by atoms with Crippen molar-refractivity contribution in [2.45, 2.75) is 11.8 Å². The molecule has 1 aliphatic heterocycles. The summed E-state index contributed by atoms with van der Waals surface area (Å²) in [5.74, 6) is 0.996. The van der Waals surface area contributed by atoms with Gasteiger partial charge in [0.15, 0.2) is 11.5 Å². The highest BCUT2D eigenvalue weighted by atomic mass is 32.2. The first-order valence-electron chi connectivity index (χ1n) is 9.52. The molecular weight excluding hydrogens is 457 g/mol. The Balaban J connectivity index is 1.42. The van der Waals surface area contributed by atoms with Gasteiger partial charge in [-0.2, -0.15) is 4.98 Å². The van der Waals surface area contributed by atoms with E-state index in [9.17, 15) is 12.8 Å². The van der Waals surface area contributed by atoms with Gasteiger partial charge in [-0.25, -0.2) is 12.8 Å². The molecule has 0 saturated heterocycles. The zero-order chi connectivity index (χ0) is 22.3. The number of benzene rings is 2. The number of nitrogens with zero attached hydrogens (tertiary/aromatic N) is 2. The molecule has 0 aliphatic carbocycles. The van der Waals surface area contributed by atoms with Crippen molar-refractivity contribution in [2.24, 2.45) is 0 Å². The molecule has 8 nitrogen and oxygen atoms in total. The highest BCUT2D eigenvalue weighted by Gasteiger charge is 2.24. The third kappa shape index (κ3) is 3.92. The minimum Gasteiger partial charge on any atom is -0.486 e. The maximum Gasteiger partial charge on any atom is 0.268 e. The molecule has 5 rings (SSSR count). The Morgan fingerprint density at radius 2 is 1.88 bits per heavy atom. The number of thiophene rings is 1. The van der Waals surface area contributed by atoms with Crippen molar-refractivity contribution in [3.8, 4) is 33.7 Å². The maximum atomic E-state index is 13.5. The van der Waals surface area contributed by atoms with Crippen molar-refractivity contribution in [2.75, 3.05) is 17.9 Å². The van der Waals surface area contributed by atoms with Crippen LogP contribution in [0.4, 0.5) is 10.1 Å². The van der Waals surface area contributed by atoms with E-state index in [4.69, 9.17) is 14.0 Å². The Labute approximate surface area is 186 Å². The van der Waals surface area contributed by atoms with Crippen LogP contribution in [0.2, 0.25) is 0 Å². The van der Waals surface area contributed by atoms with Crippen molar-refractivity contribution in [1.29, 1.82) is 0 Å². The molecule has 1 aliphatic rings. The van der Waals surface area contributed by atoms with Gasteiger partial charge in [-0.1, -0.05) is 17.3 Å². The van der Waals surface area contributed by atoms with Crippen LogP contribution in [0, 0.1) is 12.7 Å². The molecule has 1 N–H and O–H groups in total. The van der Waals surface area contributed by atoms with Gasteiger partial charge in [0, 0.05) is 16.5 Å². The minimum atomic E-state index is -3.88. The number of hydrogen-bond acceptors (Lipinski definition) is 8. The van der Waals surface area contributed by atoms with Crippen LogP contribution in [0.3, 0.4) is 0 Å². The van der Waals surface area contributed by atoms with E-state index in [2.05, 4.69) is 14.9 Å². The van der Waals surface area contributed by atoms with Crippen LogP contribution in [0.1, 0.15) is 4.88 Å². The number of fused-ring (bicyclic) bond motifs is 1. The lowest BCUT2D eigenvalue weighted by Gasteiger charge is -2.19. The summed E-state index contributed by atoms with van der Waals surface area (Å²) in [6.07, 6.45) is 0. The van der Waals surface area contributed by atoms with Crippen LogP contribution >= 0.6 is 11.3 Å². The van der Waals surface area contributed by atoms with E-state index in [-0.39, 0.29) is 16.6 Å². The number of nitrogens with one attached hydrogen (secondary N) is 1. The smallest absolute Gasteiger partial charge is 0.268 e. The lowest BCUT2D eigenvalue weighted by molar-refractivity contribution is 0.171. The van der Waals surface area contributed by atoms with Crippen molar-refractivity contribution >= 4 is 27.0 Å². The number of sulfonamides is 1. The first-order chi connectivity index (χ1) is 15.4. The molecule has 32 heavy (non-hydrogen) atoms. The molecule has 0 unspecified atom stereocenters. The largest absolute Gasteiger partial charge is 0.486 e. The molecule has 0 atom stereocenters. The molecule has 2 aromatic heterocycles. The molecule has 0 bridgehead atoms. The highest BCUT2D eigenvalue weighted by molar-refractivity contribution is 7.93. The maximum absolute atomic E-state index is 13.5. The van der Waals surface area contributed by atoms with Gasteiger partial charge >= 0.3 is 0 Å². The molecule has 3 heterocycles. The Bertz CT molecular complexity index is 1410. The van der Waals surface area contributed by atoms with E-state index < -0.39 is 15.8 Å². The van der Waals surface area contributed by atoms with Crippen LogP contribution in [0.25, 0.3) is 22.2 Å². The van der Waals surface area contributed by atoms with Crippen LogP contribution in [-0.4, -0.2) is 31.8 Å². The molecule has 11 heteroatoms. The number of aromatic nitrogens is 2. The Morgan fingerprint density at radius 1 is 1.06 bits per heavy atom. The zero-order valence-electron chi connectivity index (χ0n) is 16.7. The van der Waals surface area contributed by atoms with E-state index in [0.29, 0.717) is 45.7 Å². The predicted octanol–water partition coefficient (Wildman–Crippen LogP) is 4.48. The molecular formula is C21H16FN3O5S2. The van der Waals surface area contributed by atoms with Crippen LogP contribution < -0.4 is 14.2 Å². The Hall–Kier alpha value is -3.44. The van der Waals surface area contributed by atoms with E-state index in [1.807, 2.05) is 0 Å². The molecule has 0 spiro atoms. The van der Waals surface area contributed by atoms with Crippen molar-refractivity contribution in [3.05, 3.63) is 59.2 Å². The van der Waals surface area contributed by atoms with E-state index in [0.717, 1.165) is 0 Å². The number of anilines is 1. The summed E-state index contributed by atoms with van der Waals surface area (Å²) in [4.78, 5) is 5.41. The third-order valence-corrected chi connectivity index (χ3v) is 7.35. The number of rotatable bonds is 5. The van der Waals surface area contributed by atoms with Gasteiger partial charge in [-0.15, -0.1) is 11.3 Å². The van der Waals surface area contributed by atoms with Gasteiger partial charge in [-0.05, 0) is 37.3 Å². The second kappa shape index (κ2) is 7.92.